The molecule has 6 atom stereocenters. The van der Waals surface area contributed by atoms with Gasteiger partial charge in [0, 0.05) is 62.9 Å². The van der Waals surface area contributed by atoms with Crippen LogP contribution in [-0.4, -0.2) is 99.7 Å². The van der Waals surface area contributed by atoms with Crippen LogP contribution in [0, 0.1) is 11.8 Å². The van der Waals surface area contributed by atoms with Gasteiger partial charge in [-0.05, 0) is 105 Å². The van der Waals surface area contributed by atoms with Gasteiger partial charge in [-0.3, -0.25) is 14.4 Å². The number of rotatable bonds is 5. The van der Waals surface area contributed by atoms with E-state index in [2.05, 4.69) is 38.8 Å². The number of fused-ring (bicyclic) bond motifs is 4. The van der Waals surface area contributed by atoms with Crippen molar-refractivity contribution in [3.63, 3.8) is 0 Å². The summed E-state index contributed by atoms with van der Waals surface area (Å²) in [5, 5.41) is 0.673. The molecule has 2 fully saturated rings. The molecule has 1 N–H and O–H groups in total. The smallest absolute Gasteiger partial charge is 0.263 e. The zero-order chi connectivity index (χ0) is 35.8. The number of hydrogen-bond donors (Lipinski definition) is 1. The highest BCUT2D eigenvalue weighted by Gasteiger charge is 2.44. The van der Waals surface area contributed by atoms with Gasteiger partial charge in [0.1, 0.15) is 16.7 Å². The molecule has 5 aliphatic rings. The number of anilines is 1. The Morgan fingerprint density at radius 1 is 1.10 bits per heavy atom. The van der Waals surface area contributed by atoms with Crippen molar-refractivity contribution in [3.05, 3.63) is 70.3 Å². The number of aryl methyl sites for hydroxylation is 1. The Morgan fingerprint density at radius 3 is 2.69 bits per heavy atom. The minimum absolute atomic E-state index is 0.0625. The quantitative estimate of drug-likeness (QED) is 0.356. The molecule has 11 heteroatoms. The van der Waals surface area contributed by atoms with Gasteiger partial charge >= 0.3 is 0 Å². The maximum Gasteiger partial charge on any atom is 0.263 e. The highest BCUT2D eigenvalue weighted by molar-refractivity contribution is 7.84. The minimum atomic E-state index is -1.46. The molecule has 1 amide bonds. The molecule has 9 nitrogen and oxygen atoms in total. The Bertz CT molecular complexity index is 1540. The van der Waals surface area contributed by atoms with Crippen molar-refractivity contribution in [2.24, 2.45) is 11.8 Å². The highest BCUT2D eigenvalue weighted by atomic mass is 35.5. The van der Waals surface area contributed by atoms with Crippen LogP contribution < -0.4 is 14.4 Å². The van der Waals surface area contributed by atoms with Gasteiger partial charge in [0.2, 0.25) is 0 Å². The van der Waals surface area contributed by atoms with Gasteiger partial charge in [0.15, 0.2) is 0 Å². The van der Waals surface area contributed by atoms with Gasteiger partial charge in [0.05, 0.1) is 43.5 Å². The number of morpholine rings is 1. The van der Waals surface area contributed by atoms with E-state index in [-0.39, 0.29) is 22.7 Å². The van der Waals surface area contributed by atoms with E-state index in [0.717, 1.165) is 120 Å². The second-order valence-electron chi connectivity index (χ2n) is 14.7. The molecular weight excluding hydrogens is 686 g/mol. The van der Waals surface area contributed by atoms with E-state index in [4.69, 9.17) is 30.5 Å². The lowest BCUT2D eigenvalue weighted by Gasteiger charge is -2.46. The average molecular weight is 742 g/mol. The van der Waals surface area contributed by atoms with Crippen molar-refractivity contribution < 1.29 is 28.0 Å². The van der Waals surface area contributed by atoms with Gasteiger partial charge in [-0.25, -0.2) is 4.21 Å². The van der Waals surface area contributed by atoms with E-state index in [1.807, 2.05) is 32.2 Å². The number of nitrogens with zero attached hydrogens (tertiary/aromatic N) is 2. The molecule has 1 saturated heterocycles. The second-order valence-corrected chi connectivity index (χ2v) is 16.6. The predicted molar refractivity (Wildman–Crippen MR) is 204 cm³/mol. The first kappa shape index (κ1) is 38.3. The first-order chi connectivity index (χ1) is 24.8. The van der Waals surface area contributed by atoms with Crippen LogP contribution in [0.3, 0.4) is 0 Å². The van der Waals surface area contributed by atoms with E-state index < -0.39 is 11.0 Å². The Hall–Kier alpha value is -2.47. The molecule has 2 aromatic carbocycles. The summed E-state index contributed by atoms with van der Waals surface area (Å²) in [6.07, 6.45) is 12.2. The van der Waals surface area contributed by atoms with Crippen LogP contribution in [0.15, 0.2) is 48.6 Å². The maximum atomic E-state index is 13.3. The number of benzene rings is 2. The van der Waals surface area contributed by atoms with Crippen molar-refractivity contribution in [1.29, 1.82) is 0 Å². The third kappa shape index (κ3) is 9.19. The topological polar surface area (TPSA) is 89.6 Å². The molecule has 1 spiro atoms. The molecule has 3 heterocycles. The second kappa shape index (κ2) is 18.0. The van der Waals surface area contributed by atoms with E-state index in [1.54, 1.807) is 13.2 Å². The standard InChI is InChI=1S/C33H41ClN2O4S.C7H15NO2/c1-3-26-8-4-5-9-30(39-2)27-13-10-24(27)19-36-20-33(16-6-7-22-17-25(34)12-14-28(22)33)21-40-31-15-11-23(18-29(31)36)32(37)35-41(26)38;1-9-5-2-8-3-6-10-7-4-8/h5,9,11-12,14-15,17-18,24,26-27,30H,3-4,6-8,10,13,16,19-21H2,1-2H3,(H,35,37);2-7H2,1H3/b9-5+;/t24?,26?,27?,30?,33-,41?;/m0./s1. The van der Waals surface area contributed by atoms with Gasteiger partial charge in [-0.2, -0.15) is 0 Å². The van der Waals surface area contributed by atoms with Gasteiger partial charge in [0.25, 0.3) is 5.91 Å². The van der Waals surface area contributed by atoms with Crippen LogP contribution in [0.5, 0.6) is 5.75 Å². The molecule has 51 heavy (non-hydrogen) atoms. The Balaban J connectivity index is 0.000000388. The third-order valence-electron chi connectivity index (χ3n) is 11.6. The fourth-order valence-corrected chi connectivity index (χ4v) is 9.76. The third-order valence-corrected chi connectivity index (χ3v) is 13.4. The molecule has 3 aliphatic heterocycles. The van der Waals surface area contributed by atoms with Gasteiger partial charge in [-0.15, -0.1) is 0 Å². The van der Waals surface area contributed by atoms with Crippen LogP contribution in [0.4, 0.5) is 5.69 Å². The number of carbonyl (C=O) groups excluding carboxylic acids is 1. The molecule has 7 rings (SSSR count). The van der Waals surface area contributed by atoms with Crippen LogP contribution in [-0.2, 0) is 37.0 Å². The number of carbonyl (C=O) groups is 1. The molecule has 280 valence electrons. The van der Waals surface area contributed by atoms with E-state index in [0.29, 0.717) is 24.0 Å². The highest BCUT2D eigenvalue weighted by Crippen LogP contribution is 2.47. The summed E-state index contributed by atoms with van der Waals surface area (Å²) < 4.78 is 38.7. The number of hydrogen-bond acceptors (Lipinski definition) is 8. The number of methoxy groups -OCH3 is 2. The van der Waals surface area contributed by atoms with Crippen molar-refractivity contribution in [2.75, 3.05) is 78.3 Å². The van der Waals surface area contributed by atoms with Crippen molar-refractivity contribution in [2.45, 2.75) is 75.1 Å². The first-order valence-electron chi connectivity index (χ1n) is 18.8. The fraction of sp³-hybridized carbons (Fsp3) is 0.625. The number of halogens is 1. The van der Waals surface area contributed by atoms with Crippen molar-refractivity contribution >= 4 is 34.2 Å². The number of amides is 1. The summed E-state index contributed by atoms with van der Waals surface area (Å²) >= 11 is 6.42. The molecule has 5 unspecified atom stereocenters. The zero-order valence-electron chi connectivity index (χ0n) is 30.6. The first-order valence-corrected chi connectivity index (χ1v) is 20.4. The zero-order valence-corrected chi connectivity index (χ0v) is 32.2. The lowest BCUT2D eigenvalue weighted by atomic mass is 9.68. The van der Waals surface area contributed by atoms with Crippen LogP contribution in [0.25, 0.3) is 0 Å². The molecule has 0 radical (unpaired) electrons. The van der Waals surface area contributed by atoms with Crippen LogP contribution >= 0.6 is 11.6 Å². The normalized spacial score (nSPS) is 30.3. The predicted octanol–water partition coefficient (Wildman–Crippen LogP) is 6.34. The number of ether oxygens (including phenoxy) is 4. The monoisotopic (exact) mass is 741 g/mol. The SMILES string of the molecule is CCC1CC/C=C/C(OC)C2CCC2CN2C[C@@]3(CCCc4cc(Cl)ccc43)COc3ccc(cc32)C(=O)NS1=O.COCCN1CCOCC1. The summed E-state index contributed by atoms with van der Waals surface area (Å²) in [6, 6.07) is 12.0. The van der Waals surface area contributed by atoms with Crippen molar-refractivity contribution in [1.82, 2.24) is 9.62 Å². The van der Waals surface area contributed by atoms with Crippen LogP contribution in [0.1, 0.15) is 73.4 Å². The summed E-state index contributed by atoms with van der Waals surface area (Å²) in [5.74, 6) is 1.41. The molecular formula is C40H56ClN3O6S. The molecule has 2 bridgehead atoms. The summed E-state index contributed by atoms with van der Waals surface area (Å²) in [7, 11) is 2.08. The van der Waals surface area contributed by atoms with E-state index in [9.17, 15) is 9.00 Å². The average Bonchev–Trinajstić information content (AvgIpc) is 3.28. The molecule has 1 saturated carbocycles. The Kier molecular flexibility index (Phi) is 13.5. The Morgan fingerprint density at radius 2 is 1.94 bits per heavy atom. The lowest BCUT2D eigenvalue weighted by molar-refractivity contribution is 0.0132. The van der Waals surface area contributed by atoms with Crippen molar-refractivity contribution in [3.8, 4) is 5.75 Å². The maximum absolute atomic E-state index is 13.3. The van der Waals surface area contributed by atoms with Crippen LogP contribution in [0.2, 0.25) is 5.02 Å². The number of nitrogens with one attached hydrogen (secondary N) is 1. The Labute approximate surface area is 311 Å². The molecule has 0 aromatic heterocycles. The summed E-state index contributed by atoms with van der Waals surface area (Å²) in [5.41, 5.74) is 3.92. The summed E-state index contributed by atoms with van der Waals surface area (Å²) in [4.78, 5) is 18.2. The molecule has 2 aliphatic carbocycles. The number of allylic oxidation sites excluding steroid dienone is 1. The van der Waals surface area contributed by atoms with Gasteiger partial charge < -0.3 is 23.8 Å². The largest absolute Gasteiger partial charge is 0.490 e. The molecule has 2 aromatic rings. The lowest BCUT2D eigenvalue weighted by Crippen LogP contribution is -2.49. The fourth-order valence-electron chi connectivity index (χ4n) is 8.44. The van der Waals surface area contributed by atoms with E-state index in [1.165, 1.54) is 11.1 Å². The minimum Gasteiger partial charge on any atom is -0.490 e. The van der Waals surface area contributed by atoms with E-state index >= 15 is 0 Å². The van der Waals surface area contributed by atoms with Gasteiger partial charge in [-0.1, -0.05) is 36.7 Å². The summed E-state index contributed by atoms with van der Waals surface area (Å²) in [6.45, 7) is 10.0.